The van der Waals surface area contributed by atoms with Gasteiger partial charge in [0.05, 0.1) is 6.04 Å². The first-order chi connectivity index (χ1) is 19.8. The van der Waals surface area contributed by atoms with Crippen molar-refractivity contribution in [2.75, 3.05) is 6.54 Å². The molecule has 2 bridgehead atoms. The summed E-state index contributed by atoms with van der Waals surface area (Å²) in [6.45, 7) is 5.28. The number of fused-ring (bicyclic) bond motifs is 2. The SMILES string of the molecule is C#CCCCc1nnc(C(C)C)n1C1CC2CCC(C1)N2CC[C@H](NC(=O)C1CCC(F)(F)CC1)c1ccccc1. The van der Waals surface area contributed by atoms with Crippen LogP contribution >= 0.6 is 0 Å². The van der Waals surface area contributed by atoms with E-state index in [2.05, 4.69) is 56.9 Å². The number of nitrogens with zero attached hydrogens (tertiary/aromatic N) is 4. The van der Waals surface area contributed by atoms with Crippen LogP contribution in [0.4, 0.5) is 8.78 Å². The van der Waals surface area contributed by atoms with E-state index in [1.54, 1.807) is 0 Å². The molecule has 2 saturated heterocycles. The van der Waals surface area contributed by atoms with E-state index in [1.807, 2.05) is 18.2 Å². The highest BCUT2D eigenvalue weighted by molar-refractivity contribution is 5.79. The number of carbonyl (C=O) groups excluding carboxylic acids is 1. The fraction of sp³-hybridized carbons (Fsp3) is 0.667. The summed E-state index contributed by atoms with van der Waals surface area (Å²) in [6.07, 6.45) is 13.5. The molecular formula is C33H45F2N5O. The van der Waals surface area contributed by atoms with Crippen LogP contribution in [-0.4, -0.2) is 50.1 Å². The molecule has 1 aromatic carbocycles. The second-order valence-corrected chi connectivity index (χ2v) is 12.7. The molecule has 1 N–H and O–H groups in total. The monoisotopic (exact) mass is 565 g/mol. The van der Waals surface area contributed by atoms with Gasteiger partial charge in [-0.05, 0) is 56.9 Å². The number of unbranched alkanes of at least 4 members (excludes halogenated alkanes) is 1. The van der Waals surface area contributed by atoms with Crippen LogP contribution in [0, 0.1) is 18.3 Å². The quantitative estimate of drug-likeness (QED) is 0.246. The van der Waals surface area contributed by atoms with Crippen LogP contribution in [0.5, 0.6) is 0 Å². The Hall–Kier alpha value is -2.79. The van der Waals surface area contributed by atoms with E-state index in [1.165, 1.54) is 12.8 Å². The van der Waals surface area contributed by atoms with Gasteiger partial charge in [-0.2, -0.15) is 0 Å². The zero-order valence-electron chi connectivity index (χ0n) is 24.6. The molecule has 2 aliphatic heterocycles. The molecule has 3 atom stereocenters. The normalized spacial score (nSPS) is 25.2. The minimum absolute atomic E-state index is 0.0813. The van der Waals surface area contributed by atoms with Gasteiger partial charge in [0.2, 0.25) is 11.8 Å². The number of rotatable bonds is 11. The standard InChI is InChI=1S/C33H45F2N5O/c1-4-5-7-12-30-37-38-31(23(2)3)40(30)28-21-26-13-14-27(22-28)39(26)20-17-29(24-10-8-6-9-11-24)36-32(41)25-15-18-33(34,35)19-16-25/h1,6,8-11,23,25-29H,5,7,12-22H2,2-3H3,(H,36,41)/t26?,27?,28?,29-/m0/s1. The van der Waals surface area contributed by atoms with E-state index in [4.69, 9.17) is 6.42 Å². The Kier molecular flexibility index (Phi) is 9.43. The molecule has 1 aliphatic carbocycles. The fourth-order valence-electron chi connectivity index (χ4n) is 7.35. The minimum Gasteiger partial charge on any atom is -0.349 e. The molecule has 41 heavy (non-hydrogen) atoms. The Morgan fingerprint density at radius 3 is 2.39 bits per heavy atom. The zero-order chi connectivity index (χ0) is 29.0. The summed E-state index contributed by atoms with van der Waals surface area (Å²) in [7, 11) is 0. The van der Waals surface area contributed by atoms with Crippen molar-refractivity contribution in [1.82, 2.24) is 25.0 Å². The summed E-state index contributed by atoms with van der Waals surface area (Å²) in [6, 6.07) is 11.3. The van der Waals surface area contributed by atoms with Crippen LogP contribution in [0.25, 0.3) is 0 Å². The van der Waals surface area contributed by atoms with E-state index in [0.717, 1.165) is 62.3 Å². The lowest BCUT2D eigenvalue weighted by Crippen LogP contribution is -2.45. The number of benzene rings is 1. The third kappa shape index (κ3) is 6.99. The molecule has 6 nitrogen and oxygen atoms in total. The minimum atomic E-state index is -2.63. The maximum absolute atomic E-state index is 13.7. The molecule has 8 heteroatoms. The van der Waals surface area contributed by atoms with Crippen LogP contribution < -0.4 is 5.32 Å². The molecular weight excluding hydrogens is 520 g/mol. The zero-order valence-corrected chi connectivity index (χ0v) is 24.6. The summed E-state index contributed by atoms with van der Waals surface area (Å²) < 4.78 is 29.8. The van der Waals surface area contributed by atoms with Gasteiger partial charge in [-0.3, -0.25) is 9.69 Å². The first-order valence-electron chi connectivity index (χ1n) is 15.6. The summed E-state index contributed by atoms with van der Waals surface area (Å²) in [5, 5.41) is 12.4. The average Bonchev–Trinajstić information content (AvgIpc) is 3.48. The highest BCUT2D eigenvalue weighted by Gasteiger charge is 2.43. The second-order valence-electron chi connectivity index (χ2n) is 12.7. The number of carbonyl (C=O) groups is 1. The molecule has 3 aliphatic rings. The van der Waals surface area contributed by atoms with E-state index >= 15 is 0 Å². The number of nitrogens with one attached hydrogen (secondary N) is 1. The number of halogens is 2. The van der Waals surface area contributed by atoms with Gasteiger partial charge in [0.15, 0.2) is 0 Å². The van der Waals surface area contributed by atoms with Crippen molar-refractivity contribution in [2.24, 2.45) is 5.92 Å². The van der Waals surface area contributed by atoms with Crippen LogP contribution in [0.15, 0.2) is 30.3 Å². The van der Waals surface area contributed by atoms with Gasteiger partial charge in [0.25, 0.3) is 0 Å². The maximum Gasteiger partial charge on any atom is 0.248 e. The number of aryl methyl sites for hydroxylation is 1. The lowest BCUT2D eigenvalue weighted by atomic mass is 9.86. The van der Waals surface area contributed by atoms with Gasteiger partial charge in [0.1, 0.15) is 11.6 Å². The predicted molar refractivity (Wildman–Crippen MR) is 157 cm³/mol. The van der Waals surface area contributed by atoms with Crippen LogP contribution in [-0.2, 0) is 11.2 Å². The number of amides is 1. The van der Waals surface area contributed by atoms with Crippen molar-refractivity contribution in [3.05, 3.63) is 47.5 Å². The van der Waals surface area contributed by atoms with Gasteiger partial charge in [0, 0.05) is 62.2 Å². The van der Waals surface area contributed by atoms with Crippen molar-refractivity contribution >= 4 is 5.91 Å². The number of alkyl halides is 2. The molecule has 1 saturated carbocycles. The maximum atomic E-state index is 13.7. The Morgan fingerprint density at radius 1 is 1.07 bits per heavy atom. The molecule has 0 spiro atoms. The molecule has 1 amide bonds. The smallest absolute Gasteiger partial charge is 0.248 e. The van der Waals surface area contributed by atoms with E-state index in [0.29, 0.717) is 24.0 Å². The van der Waals surface area contributed by atoms with Gasteiger partial charge < -0.3 is 9.88 Å². The van der Waals surface area contributed by atoms with E-state index in [-0.39, 0.29) is 43.6 Å². The molecule has 5 rings (SSSR count). The number of hydrogen-bond donors (Lipinski definition) is 1. The van der Waals surface area contributed by atoms with Crippen molar-refractivity contribution < 1.29 is 13.6 Å². The van der Waals surface area contributed by atoms with Gasteiger partial charge in [-0.15, -0.1) is 22.5 Å². The Balaban J connectivity index is 1.25. The number of piperidine rings is 1. The number of hydrogen-bond acceptors (Lipinski definition) is 4. The largest absolute Gasteiger partial charge is 0.349 e. The van der Waals surface area contributed by atoms with E-state index < -0.39 is 5.92 Å². The molecule has 1 aromatic heterocycles. The highest BCUT2D eigenvalue weighted by atomic mass is 19.3. The highest BCUT2D eigenvalue weighted by Crippen LogP contribution is 2.43. The Bertz CT molecular complexity index is 1180. The Labute approximate surface area is 243 Å². The summed E-state index contributed by atoms with van der Waals surface area (Å²) >= 11 is 0. The summed E-state index contributed by atoms with van der Waals surface area (Å²) in [4.78, 5) is 15.8. The third-order valence-corrected chi connectivity index (χ3v) is 9.54. The molecule has 222 valence electrons. The molecule has 3 fully saturated rings. The second kappa shape index (κ2) is 13.0. The topological polar surface area (TPSA) is 63.1 Å². The van der Waals surface area contributed by atoms with E-state index in [9.17, 15) is 13.6 Å². The summed E-state index contributed by atoms with van der Waals surface area (Å²) in [5.41, 5.74) is 1.08. The van der Waals surface area contributed by atoms with Crippen molar-refractivity contribution in [3.8, 4) is 12.3 Å². The average molecular weight is 566 g/mol. The lowest BCUT2D eigenvalue weighted by molar-refractivity contribution is -0.130. The van der Waals surface area contributed by atoms with Crippen LogP contribution in [0.3, 0.4) is 0 Å². The predicted octanol–water partition coefficient (Wildman–Crippen LogP) is 6.60. The molecule has 0 radical (unpaired) electrons. The molecule has 3 heterocycles. The lowest BCUT2D eigenvalue weighted by Gasteiger charge is -2.41. The summed E-state index contributed by atoms with van der Waals surface area (Å²) in [5.74, 6) is 2.15. The molecule has 2 unspecified atom stereocenters. The van der Waals surface area contributed by atoms with Crippen molar-refractivity contribution in [3.63, 3.8) is 0 Å². The fourth-order valence-corrected chi connectivity index (χ4v) is 7.35. The third-order valence-electron chi connectivity index (χ3n) is 9.54. The van der Waals surface area contributed by atoms with Gasteiger partial charge >= 0.3 is 0 Å². The van der Waals surface area contributed by atoms with Crippen molar-refractivity contribution in [1.29, 1.82) is 0 Å². The van der Waals surface area contributed by atoms with Crippen LogP contribution in [0.2, 0.25) is 0 Å². The van der Waals surface area contributed by atoms with Crippen LogP contribution in [0.1, 0.15) is 120 Å². The first-order valence-corrected chi connectivity index (χ1v) is 15.6. The van der Waals surface area contributed by atoms with Gasteiger partial charge in [-0.25, -0.2) is 8.78 Å². The Morgan fingerprint density at radius 2 is 1.76 bits per heavy atom. The number of terminal acetylenes is 1. The first kappa shape index (κ1) is 29.7. The van der Waals surface area contributed by atoms with Crippen molar-refractivity contribution in [2.45, 2.75) is 127 Å². The van der Waals surface area contributed by atoms with Gasteiger partial charge in [-0.1, -0.05) is 44.2 Å². The number of aromatic nitrogens is 3. The molecule has 2 aromatic rings.